The minimum atomic E-state index is -0.604. The SMILES string of the molecule is COc1c(F)cccc1OC(=O)N1CCC(C(CC(C)C)N(C=O)c2ccc(F)cc2)CC1. The van der Waals surface area contributed by atoms with Crippen LogP contribution in [0.4, 0.5) is 19.3 Å². The van der Waals surface area contributed by atoms with Crippen molar-refractivity contribution in [2.45, 2.75) is 39.2 Å². The number of piperidine rings is 1. The molecule has 0 N–H and O–H groups in total. The van der Waals surface area contributed by atoms with Crippen LogP contribution in [0.1, 0.15) is 33.1 Å². The fourth-order valence-electron chi connectivity index (χ4n) is 4.35. The van der Waals surface area contributed by atoms with E-state index in [9.17, 15) is 18.4 Å². The number of carbonyl (C=O) groups excluding carboxylic acids is 2. The number of carbonyl (C=O) groups is 2. The summed E-state index contributed by atoms with van der Waals surface area (Å²) in [5.41, 5.74) is 0.650. The number of nitrogens with zero attached hydrogens (tertiary/aromatic N) is 2. The molecule has 2 aromatic rings. The highest BCUT2D eigenvalue weighted by Crippen LogP contribution is 2.33. The van der Waals surface area contributed by atoms with E-state index in [-0.39, 0.29) is 29.3 Å². The zero-order valence-corrected chi connectivity index (χ0v) is 19.2. The van der Waals surface area contributed by atoms with Crippen LogP contribution >= 0.6 is 0 Å². The third kappa shape index (κ3) is 6.00. The van der Waals surface area contributed by atoms with Gasteiger partial charge in [-0.05, 0) is 67.5 Å². The predicted molar refractivity (Wildman–Crippen MR) is 121 cm³/mol. The van der Waals surface area contributed by atoms with E-state index in [1.54, 1.807) is 21.9 Å². The van der Waals surface area contributed by atoms with Gasteiger partial charge in [-0.3, -0.25) is 4.79 Å². The number of amides is 2. The minimum Gasteiger partial charge on any atom is -0.490 e. The van der Waals surface area contributed by atoms with Crippen molar-refractivity contribution >= 4 is 18.2 Å². The van der Waals surface area contributed by atoms with Crippen LogP contribution in [0.5, 0.6) is 11.5 Å². The Bertz CT molecular complexity index is 944. The zero-order valence-electron chi connectivity index (χ0n) is 19.2. The molecule has 6 nitrogen and oxygen atoms in total. The topological polar surface area (TPSA) is 59.1 Å². The van der Waals surface area contributed by atoms with Gasteiger partial charge < -0.3 is 19.3 Å². The van der Waals surface area contributed by atoms with Gasteiger partial charge >= 0.3 is 6.09 Å². The molecule has 1 fully saturated rings. The van der Waals surface area contributed by atoms with E-state index >= 15 is 0 Å². The molecule has 3 rings (SSSR count). The molecule has 0 spiro atoms. The van der Waals surface area contributed by atoms with E-state index < -0.39 is 11.9 Å². The van der Waals surface area contributed by atoms with Crippen molar-refractivity contribution < 1.29 is 27.8 Å². The Labute approximate surface area is 193 Å². The summed E-state index contributed by atoms with van der Waals surface area (Å²) in [7, 11) is 1.32. The number of halogens is 2. The third-order valence-electron chi connectivity index (χ3n) is 5.98. The van der Waals surface area contributed by atoms with Crippen LogP contribution in [0.3, 0.4) is 0 Å². The second kappa shape index (κ2) is 11.1. The number of likely N-dealkylation sites (tertiary alicyclic amines) is 1. The molecule has 178 valence electrons. The molecule has 1 atom stereocenters. The molecule has 0 aromatic heterocycles. The van der Waals surface area contributed by atoms with Gasteiger partial charge in [-0.2, -0.15) is 0 Å². The first-order chi connectivity index (χ1) is 15.8. The second-order valence-electron chi connectivity index (χ2n) is 8.65. The lowest BCUT2D eigenvalue weighted by Crippen LogP contribution is -2.47. The number of benzene rings is 2. The maximum absolute atomic E-state index is 13.9. The molecule has 0 aliphatic carbocycles. The van der Waals surface area contributed by atoms with Gasteiger partial charge in [0.05, 0.1) is 7.11 Å². The molecule has 0 saturated carbocycles. The first-order valence-corrected chi connectivity index (χ1v) is 11.1. The van der Waals surface area contributed by atoms with Gasteiger partial charge in [0.15, 0.2) is 17.3 Å². The number of anilines is 1. The summed E-state index contributed by atoms with van der Waals surface area (Å²) < 4.78 is 37.6. The van der Waals surface area contributed by atoms with Crippen molar-refractivity contribution in [2.24, 2.45) is 11.8 Å². The Balaban J connectivity index is 1.68. The van der Waals surface area contributed by atoms with E-state index in [4.69, 9.17) is 9.47 Å². The fraction of sp³-hybridized carbons (Fsp3) is 0.440. The van der Waals surface area contributed by atoms with Crippen molar-refractivity contribution in [2.75, 3.05) is 25.1 Å². The Morgan fingerprint density at radius 1 is 1.15 bits per heavy atom. The van der Waals surface area contributed by atoms with E-state index in [0.29, 0.717) is 37.5 Å². The number of methoxy groups -OCH3 is 1. The van der Waals surface area contributed by atoms with Gasteiger partial charge in [0.1, 0.15) is 5.82 Å². The van der Waals surface area contributed by atoms with Crippen molar-refractivity contribution in [1.29, 1.82) is 0 Å². The van der Waals surface area contributed by atoms with Gasteiger partial charge in [-0.1, -0.05) is 19.9 Å². The van der Waals surface area contributed by atoms with Crippen molar-refractivity contribution in [1.82, 2.24) is 4.90 Å². The standard InChI is InChI=1S/C25H30F2N2O4/c1-17(2)15-22(29(16-30)20-9-7-19(26)8-10-20)18-11-13-28(14-12-18)25(31)33-23-6-4-5-21(27)24(23)32-3/h4-10,16-18,22H,11-15H2,1-3H3. The van der Waals surface area contributed by atoms with Crippen molar-refractivity contribution in [3.8, 4) is 11.5 Å². The Kier molecular flexibility index (Phi) is 8.25. The summed E-state index contributed by atoms with van der Waals surface area (Å²) in [6, 6.07) is 9.99. The smallest absolute Gasteiger partial charge is 0.415 e. The third-order valence-corrected chi connectivity index (χ3v) is 5.98. The number of hydrogen-bond acceptors (Lipinski definition) is 4. The lowest BCUT2D eigenvalue weighted by Gasteiger charge is -2.40. The summed E-state index contributed by atoms with van der Waals surface area (Å²) >= 11 is 0. The number of hydrogen-bond donors (Lipinski definition) is 0. The normalized spacial score (nSPS) is 15.3. The van der Waals surface area contributed by atoms with Gasteiger partial charge in [0, 0.05) is 24.8 Å². The molecule has 2 aromatic carbocycles. The van der Waals surface area contributed by atoms with Crippen molar-refractivity contribution in [3.63, 3.8) is 0 Å². The average molecular weight is 461 g/mol. The molecule has 1 aliphatic heterocycles. The lowest BCUT2D eigenvalue weighted by atomic mass is 9.84. The van der Waals surface area contributed by atoms with Crippen molar-refractivity contribution in [3.05, 3.63) is 54.1 Å². The van der Waals surface area contributed by atoms with Crippen LogP contribution < -0.4 is 14.4 Å². The van der Waals surface area contributed by atoms with E-state index in [2.05, 4.69) is 13.8 Å². The molecule has 1 aliphatic rings. The van der Waals surface area contributed by atoms with Crippen LogP contribution in [0, 0.1) is 23.5 Å². The summed E-state index contributed by atoms with van der Waals surface area (Å²) in [5, 5.41) is 0. The second-order valence-corrected chi connectivity index (χ2v) is 8.65. The Morgan fingerprint density at radius 2 is 1.82 bits per heavy atom. The maximum Gasteiger partial charge on any atom is 0.415 e. The molecular weight excluding hydrogens is 430 g/mol. The van der Waals surface area contributed by atoms with E-state index in [1.165, 1.54) is 37.4 Å². The van der Waals surface area contributed by atoms with Crippen LogP contribution in [0.2, 0.25) is 0 Å². The van der Waals surface area contributed by atoms with Gasteiger partial charge in [0.2, 0.25) is 6.41 Å². The summed E-state index contributed by atoms with van der Waals surface area (Å²) in [5.74, 6) is -0.527. The predicted octanol–water partition coefficient (Wildman–Crippen LogP) is 5.26. The highest BCUT2D eigenvalue weighted by Gasteiger charge is 2.33. The van der Waals surface area contributed by atoms with Crippen LogP contribution in [0.25, 0.3) is 0 Å². The minimum absolute atomic E-state index is 0.0331. The molecule has 1 heterocycles. The highest BCUT2D eigenvalue weighted by molar-refractivity contribution is 5.76. The van der Waals surface area contributed by atoms with Gasteiger partial charge in [-0.25, -0.2) is 13.6 Å². The molecule has 1 unspecified atom stereocenters. The number of para-hydroxylation sites is 1. The maximum atomic E-state index is 13.9. The summed E-state index contributed by atoms with van der Waals surface area (Å²) in [6.07, 6.45) is 2.38. The van der Waals surface area contributed by atoms with Gasteiger partial charge in [0.25, 0.3) is 0 Å². The molecular formula is C25H30F2N2O4. The van der Waals surface area contributed by atoms with Crippen LogP contribution in [0.15, 0.2) is 42.5 Å². The number of rotatable bonds is 8. The molecule has 1 saturated heterocycles. The van der Waals surface area contributed by atoms with E-state index in [0.717, 1.165) is 12.8 Å². The number of ether oxygens (including phenoxy) is 2. The first-order valence-electron chi connectivity index (χ1n) is 11.1. The lowest BCUT2D eigenvalue weighted by molar-refractivity contribution is -0.108. The molecule has 0 radical (unpaired) electrons. The Morgan fingerprint density at radius 3 is 2.39 bits per heavy atom. The highest BCUT2D eigenvalue weighted by atomic mass is 19.1. The zero-order chi connectivity index (χ0) is 24.0. The van der Waals surface area contributed by atoms with Crippen LogP contribution in [-0.4, -0.2) is 43.6 Å². The summed E-state index contributed by atoms with van der Waals surface area (Å²) in [6.45, 7) is 5.09. The molecule has 8 heteroatoms. The fourth-order valence-corrected chi connectivity index (χ4v) is 4.35. The van der Waals surface area contributed by atoms with Crippen LogP contribution in [-0.2, 0) is 4.79 Å². The Hall–Kier alpha value is -3.16. The molecule has 0 bridgehead atoms. The molecule has 33 heavy (non-hydrogen) atoms. The van der Waals surface area contributed by atoms with Gasteiger partial charge in [-0.15, -0.1) is 0 Å². The average Bonchev–Trinajstić information content (AvgIpc) is 2.80. The first kappa shape index (κ1) is 24.5. The van der Waals surface area contributed by atoms with E-state index in [1.807, 2.05) is 0 Å². The largest absolute Gasteiger partial charge is 0.490 e. The molecule has 2 amide bonds. The monoisotopic (exact) mass is 460 g/mol. The summed E-state index contributed by atoms with van der Waals surface area (Å²) in [4.78, 5) is 27.9. The quantitative estimate of drug-likeness (QED) is 0.504.